The lowest BCUT2D eigenvalue weighted by molar-refractivity contribution is 0.0875. The third kappa shape index (κ3) is 5.24. The van der Waals surface area contributed by atoms with Gasteiger partial charge in [0.05, 0.1) is 0 Å². The predicted molar refractivity (Wildman–Crippen MR) is 125 cm³/mol. The molecule has 164 valence electrons. The third-order valence-electron chi connectivity index (χ3n) is 6.95. The smallest absolute Gasteiger partial charge is 0.251 e. The standard InChI is InChI=1S/C27H34N2O2/c1-2-15-28-27(31)24-10-11-25-23(19-24)9-8-22(26(25)30)14-18-29-16-12-21(13-17-29)20-6-4-3-5-7-20/h3-7,10-11,19,21-22H,2,8-9,12-18H2,1H3,(H,28,31). The van der Waals surface area contributed by atoms with Crippen molar-refractivity contribution in [3.05, 3.63) is 70.8 Å². The first-order valence-electron chi connectivity index (χ1n) is 11.9. The van der Waals surface area contributed by atoms with Crippen molar-refractivity contribution in [2.45, 2.75) is 51.4 Å². The van der Waals surface area contributed by atoms with E-state index in [1.807, 2.05) is 19.1 Å². The van der Waals surface area contributed by atoms with E-state index in [2.05, 4.69) is 40.5 Å². The Balaban J connectivity index is 1.29. The summed E-state index contributed by atoms with van der Waals surface area (Å²) in [4.78, 5) is 27.8. The van der Waals surface area contributed by atoms with Crippen molar-refractivity contribution in [1.29, 1.82) is 0 Å². The number of carbonyl (C=O) groups excluding carboxylic acids is 2. The van der Waals surface area contributed by atoms with Gasteiger partial charge in [-0.25, -0.2) is 0 Å². The van der Waals surface area contributed by atoms with Crippen molar-refractivity contribution in [3.8, 4) is 0 Å². The molecule has 1 amide bonds. The maximum atomic E-state index is 13.1. The summed E-state index contributed by atoms with van der Waals surface area (Å²) in [6.07, 6.45) is 6.04. The minimum Gasteiger partial charge on any atom is -0.352 e. The fourth-order valence-corrected chi connectivity index (χ4v) is 5.03. The van der Waals surface area contributed by atoms with Crippen LogP contribution in [0.1, 0.15) is 76.8 Å². The summed E-state index contributed by atoms with van der Waals surface area (Å²) in [7, 11) is 0. The number of ketones is 1. The number of rotatable bonds is 7. The molecule has 1 aliphatic heterocycles. The minimum atomic E-state index is -0.0434. The van der Waals surface area contributed by atoms with E-state index >= 15 is 0 Å². The first-order valence-corrected chi connectivity index (χ1v) is 11.9. The highest BCUT2D eigenvalue weighted by Crippen LogP contribution is 2.31. The molecule has 1 heterocycles. The van der Waals surface area contributed by atoms with Crippen LogP contribution in [0.25, 0.3) is 0 Å². The van der Waals surface area contributed by atoms with Crippen molar-refractivity contribution in [3.63, 3.8) is 0 Å². The second kappa shape index (κ2) is 10.2. The quantitative estimate of drug-likeness (QED) is 0.700. The Kier molecular flexibility index (Phi) is 7.18. The van der Waals surface area contributed by atoms with Crippen LogP contribution in [0.3, 0.4) is 0 Å². The summed E-state index contributed by atoms with van der Waals surface area (Å²) in [5.41, 5.74) is 3.99. The minimum absolute atomic E-state index is 0.0434. The third-order valence-corrected chi connectivity index (χ3v) is 6.95. The van der Waals surface area contributed by atoms with E-state index in [0.29, 0.717) is 18.0 Å². The van der Waals surface area contributed by atoms with Gasteiger partial charge >= 0.3 is 0 Å². The Bertz CT molecular complexity index is 901. The number of piperidine rings is 1. The van der Waals surface area contributed by atoms with Crippen LogP contribution in [0.4, 0.5) is 0 Å². The van der Waals surface area contributed by atoms with E-state index in [1.54, 1.807) is 6.07 Å². The largest absolute Gasteiger partial charge is 0.352 e. The maximum Gasteiger partial charge on any atom is 0.251 e. The number of fused-ring (bicyclic) bond motifs is 1. The van der Waals surface area contributed by atoms with Crippen LogP contribution in [0.2, 0.25) is 0 Å². The van der Waals surface area contributed by atoms with E-state index in [4.69, 9.17) is 0 Å². The molecule has 1 unspecified atom stereocenters. The highest BCUT2D eigenvalue weighted by molar-refractivity contribution is 6.02. The van der Waals surface area contributed by atoms with Crippen LogP contribution in [-0.4, -0.2) is 42.8 Å². The Hall–Kier alpha value is -2.46. The van der Waals surface area contributed by atoms with E-state index in [1.165, 1.54) is 18.4 Å². The van der Waals surface area contributed by atoms with Crippen LogP contribution in [0, 0.1) is 5.92 Å². The van der Waals surface area contributed by atoms with Crippen molar-refractivity contribution >= 4 is 11.7 Å². The van der Waals surface area contributed by atoms with Crippen LogP contribution in [-0.2, 0) is 6.42 Å². The monoisotopic (exact) mass is 418 g/mol. The number of amides is 1. The lowest BCUT2D eigenvalue weighted by Gasteiger charge is -2.33. The van der Waals surface area contributed by atoms with E-state index in [9.17, 15) is 9.59 Å². The van der Waals surface area contributed by atoms with Gasteiger partial charge in [-0.05, 0) is 87.3 Å². The van der Waals surface area contributed by atoms with Gasteiger partial charge < -0.3 is 10.2 Å². The van der Waals surface area contributed by atoms with Gasteiger partial charge in [0.1, 0.15) is 0 Å². The van der Waals surface area contributed by atoms with Crippen LogP contribution in [0.15, 0.2) is 48.5 Å². The Morgan fingerprint density at radius 3 is 2.58 bits per heavy atom. The number of hydrogen-bond acceptors (Lipinski definition) is 3. The number of hydrogen-bond donors (Lipinski definition) is 1. The molecule has 31 heavy (non-hydrogen) atoms. The second-order valence-corrected chi connectivity index (χ2v) is 9.04. The zero-order valence-electron chi connectivity index (χ0n) is 18.6. The number of nitrogens with one attached hydrogen (secondary N) is 1. The van der Waals surface area contributed by atoms with Gasteiger partial charge in [0.25, 0.3) is 5.91 Å². The lowest BCUT2D eigenvalue weighted by Crippen LogP contribution is -2.35. The molecule has 2 aliphatic rings. The normalized spacial score (nSPS) is 19.8. The summed E-state index contributed by atoms with van der Waals surface area (Å²) < 4.78 is 0. The number of nitrogens with zero attached hydrogens (tertiary/aromatic N) is 1. The molecule has 1 N–H and O–H groups in total. The average molecular weight is 419 g/mol. The first kappa shape index (κ1) is 21.8. The van der Waals surface area contributed by atoms with Gasteiger partial charge in [0.2, 0.25) is 0 Å². The fourth-order valence-electron chi connectivity index (χ4n) is 5.03. The molecule has 1 aliphatic carbocycles. The van der Waals surface area contributed by atoms with Gasteiger partial charge in [0, 0.05) is 23.6 Å². The topological polar surface area (TPSA) is 49.4 Å². The second-order valence-electron chi connectivity index (χ2n) is 9.04. The number of carbonyl (C=O) groups is 2. The van der Waals surface area contributed by atoms with Crippen LogP contribution >= 0.6 is 0 Å². The summed E-state index contributed by atoms with van der Waals surface area (Å²) in [5.74, 6) is 1.00. The van der Waals surface area contributed by atoms with Gasteiger partial charge in [0.15, 0.2) is 5.78 Å². The molecule has 0 bridgehead atoms. The van der Waals surface area contributed by atoms with E-state index in [-0.39, 0.29) is 17.6 Å². The Labute approximate surface area is 186 Å². The van der Waals surface area contributed by atoms with Gasteiger partial charge in [-0.3, -0.25) is 9.59 Å². The molecular weight excluding hydrogens is 384 g/mol. The number of likely N-dealkylation sites (tertiary alicyclic amines) is 1. The van der Waals surface area contributed by atoms with Gasteiger partial charge in [-0.1, -0.05) is 43.3 Å². The number of benzene rings is 2. The molecule has 4 nitrogen and oxygen atoms in total. The predicted octanol–water partition coefficient (Wildman–Crippen LogP) is 4.84. The first-order chi connectivity index (χ1) is 15.2. The van der Waals surface area contributed by atoms with Crippen molar-refractivity contribution in [2.75, 3.05) is 26.2 Å². The SMILES string of the molecule is CCCNC(=O)c1ccc2c(c1)CCC(CCN1CCC(c3ccccc3)CC1)C2=O. The summed E-state index contributed by atoms with van der Waals surface area (Å²) in [5, 5.41) is 2.92. The molecule has 0 saturated carbocycles. The molecule has 4 rings (SSSR count). The highest BCUT2D eigenvalue weighted by atomic mass is 16.1. The zero-order valence-corrected chi connectivity index (χ0v) is 18.6. The van der Waals surface area contributed by atoms with Crippen molar-refractivity contribution in [2.24, 2.45) is 5.92 Å². The van der Waals surface area contributed by atoms with Crippen LogP contribution < -0.4 is 5.32 Å². The molecule has 4 heteroatoms. The summed E-state index contributed by atoms with van der Waals surface area (Å²) in [6, 6.07) is 16.4. The number of aryl methyl sites for hydroxylation is 1. The van der Waals surface area contributed by atoms with E-state index < -0.39 is 0 Å². The highest BCUT2D eigenvalue weighted by Gasteiger charge is 2.29. The number of Topliss-reactive ketones (excluding diaryl/α,β-unsaturated/α-hetero) is 1. The van der Waals surface area contributed by atoms with Gasteiger partial charge in [-0.2, -0.15) is 0 Å². The zero-order chi connectivity index (χ0) is 21.6. The van der Waals surface area contributed by atoms with Crippen molar-refractivity contribution in [1.82, 2.24) is 10.2 Å². The molecule has 1 saturated heterocycles. The lowest BCUT2D eigenvalue weighted by atomic mass is 9.80. The Morgan fingerprint density at radius 1 is 1.06 bits per heavy atom. The molecule has 0 aromatic heterocycles. The summed E-state index contributed by atoms with van der Waals surface area (Å²) in [6.45, 7) is 5.96. The average Bonchev–Trinajstić information content (AvgIpc) is 2.83. The summed E-state index contributed by atoms with van der Waals surface area (Å²) >= 11 is 0. The molecule has 2 aromatic rings. The van der Waals surface area contributed by atoms with Gasteiger partial charge in [-0.15, -0.1) is 0 Å². The Morgan fingerprint density at radius 2 is 1.84 bits per heavy atom. The molecular formula is C27H34N2O2. The van der Waals surface area contributed by atoms with Crippen molar-refractivity contribution < 1.29 is 9.59 Å². The molecule has 1 fully saturated rings. The maximum absolute atomic E-state index is 13.1. The molecule has 2 aromatic carbocycles. The molecule has 0 radical (unpaired) electrons. The van der Waals surface area contributed by atoms with Crippen LogP contribution in [0.5, 0.6) is 0 Å². The molecule has 0 spiro atoms. The fraction of sp³-hybridized carbons (Fsp3) is 0.481. The molecule has 1 atom stereocenters. The van der Waals surface area contributed by atoms with E-state index in [0.717, 1.165) is 56.4 Å².